The van der Waals surface area contributed by atoms with Crippen LogP contribution < -0.4 is 5.56 Å². The molecule has 1 aromatic carbocycles. The van der Waals surface area contributed by atoms with Crippen molar-refractivity contribution in [2.75, 3.05) is 13.1 Å². The number of aromatic amines is 1. The number of hydrogen-bond acceptors (Lipinski definition) is 2. The van der Waals surface area contributed by atoms with Gasteiger partial charge < -0.3 is 9.88 Å². The minimum Gasteiger partial charge on any atom is -0.337 e. The Morgan fingerprint density at radius 2 is 1.91 bits per heavy atom. The van der Waals surface area contributed by atoms with Crippen molar-refractivity contribution in [2.24, 2.45) is 5.41 Å². The van der Waals surface area contributed by atoms with E-state index >= 15 is 0 Å². The summed E-state index contributed by atoms with van der Waals surface area (Å²) in [6, 6.07) is 13.3. The minimum atomic E-state index is -0.194. The highest BCUT2D eigenvalue weighted by Gasteiger charge is 2.42. The van der Waals surface area contributed by atoms with E-state index in [2.05, 4.69) is 31.0 Å². The van der Waals surface area contributed by atoms with Crippen LogP contribution in [-0.4, -0.2) is 28.9 Å². The fourth-order valence-electron chi connectivity index (χ4n) is 3.26. The zero-order valence-corrected chi connectivity index (χ0v) is 12.9. The first-order chi connectivity index (χ1) is 10.5. The van der Waals surface area contributed by atoms with Gasteiger partial charge in [-0.15, -0.1) is 0 Å². The smallest absolute Gasteiger partial charge is 0.255 e. The number of H-pyrrole nitrogens is 1. The molecule has 0 spiro atoms. The van der Waals surface area contributed by atoms with Crippen molar-refractivity contribution < 1.29 is 4.79 Å². The van der Waals surface area contributed by atoms with Crippen molar-refractivity contribution in [1.82, 2.24) is 9.88 Å². The van der Waals surface area contributed by atoms with Gasteiger partial charge in [-0.25, -0.2) is 0 Å². The van der Waals surface area contributed by atoms with E-state index in [-0.39, 0.29) is 16.9 Å². The molecule has 3 rings (SSSR count). The Labute approximate surface area is 129 Å². The molecule has 1 N–H and O–H groups in total. The molecule has 1 aromatic heterocycles. The molecule has 114 valence electrons. The second-order valence-corrected chi connectivity index (χ2v) is 6.58. The lowest BCUT2D eigenvalue weighted by Crippen LogP contribution is -2.30. The van der Waals surface area contributed by atoms with Crippen LogP contribution in [-0.2, 0) is 0 Å². The number of carbonyl (C=O) groups is 1. The van der Waals surface area contributed by atoms with Crippen LogP contribution in [0.1, 0.15) is 35.7 Å². The number of carbonyl (C=O) groups excluding carboxylic acids is 1. The maximum atomic E-state index is 12.6. The number of nitrogens with zero attached hydrogens (tertiary/aromatic N) is 1. The summed E-state index contributed by atoms with van der Waals surface area (Å²) in [4.78, 5) is 28.2. The number of likely N-dealkylation sites (tertiary alicyclic amines) is 1. The average Bonchev–Trinajstić information content (AvgIpc) is 2.84. The van der Waals surface area contributed by atoms with E-state index in [4.69, 9.17) is 0 Å². The van der Waals surface area contributed by atoms with Gasteiger partial charge in [0.1, 0.15) is 0 Å². The fourth-order valence-corrected chi connectivity index (χ4v) is 3.26. The topological polar surface area (TPSA) is 53.2 Å². The first-order valence-electron chi connectivity index (χ1n) is 7.50. The second-order valence-electron chi connectivity index (χ2n) is 6.58. The van der Waals surface area contributed by atoms with E-state index in [9.17, 15) is 9.59 Å². The Morgan fingerprint density at radius 1 is 1.18 bits per heavy atom. The van der Waals surface area contributed by atoms with Gasteiger partial charge >= 0.3 is 0 Å². The van der Waals surface area contributed by atoms with Gasteiger partial charge in [0.2, 0.25) is 5.56 Å². The third kappa shape index (κ3) is 2.69. The van der Waals surface area contributed by atoms with Crippen LogP contribution in [0.15, 0.2) is 53.5 Å². The molecule has 1 saturated heterocycles. The molecule has 22 heavy (non-hydrogen) atoms. The van der Waals surface area contributed by atoms with Crippen molar-refractivity contribution in [3.8, 4) is 0 Å². The van der Waals surface area contributed by atoms with Gasteiger partial charge in [-0.05, 0) is 17.0 Å². The third-order valence-corrected chi connectivity index (χ3v) is 4.46. The summed E-state index contributed by atoms with van der Waals surface area (Å²) in [5.41, 5.74) is 1.63. The molecule has 2 aromatic rings. The number of nitrogens with one attached hydrogen (secondary N) is 1. The van der Waals surface area contributed by atoms with Crippen molar-refractivity contribution in [3.05, 3.63) is 70.1 Å². The molecule has 1 aliphatic rings. The number of rotatable bonds is 2. The largest absolute Gasteiger partial charge is 0.337 e. The van der Waals surface area contributed by atoms with Gasteiger partial charge in [0.15, 0.2) is 0 Å². The number of benzene rings is 1. The molecular weight excluding hydrogens is 276 g/mol. The Morgan fingerprint density at radius 3 is 2.55 bits per heavy atom. The number of amides is 1. The van der Waals surface area contributed by atoms with Crippen molar-refractivity contribution in [2.45, 2.75) is 19.8 Å². The lowest BCUT2D eigenvalue weighted by atomic mass is 9.78. The van der Waals surface area contributed by atoms with Gasteiger partial charge in [-0.2, -0.15) is 0 Å². The maximum absolute atomic E-state index is 12.6. The van der Waals surface area contributed by atoms with Crippen LogP contribution in [0.5, 0.6) is 0 Å². The summed E-state index contributed by atoms with van der Waals surface area (Å²) >= 11 is 0. The van der Waals surface area contributed by atoms with E-state index in [0.29, 0.717) is 24.6 Å². The molecule has 0 aliphatic carbocycles. The number of hydrogen-bond donors (Lipinski definition) is 1. The lowest BCUT2D eigenvalue weighted by Gasteiger charge is -2.25. The van der Waals surface area contributed by atoms with Crippen molar-refractivity contribution in [1.29, 1.82) is 0 Å². The maximum Gasteiger partial charge on any atom is 0.255 e. The Bertz CT molecular complexity index is 714. The van der Waals surface area contributed by atoms with Gasteiger partial charge in [0.25, 0.3) is 5.91 Å². The van der Waals surface area contributed by atoms with Gasteiger partial charge in [-0.3, -0.25) is 9.59 Å². The summed E-state index contributed by atoms with van der Waals surface area (Å²) < 4.78 is 0. The predicted molar refractivity (Wildman–Crippen MR) is 85.9 cm³/mol. The first-order valence-corrected chi connectivity index (χ1v) is 7.50. The quantitative estimate of drug-likeness (QED) is 0.926. The van der Waals surface area contributed by atoms with Crippen LogP contribution >= 0.6 is 0 Å². The number of pyridine rings is 1. The monoisotopic (exact) mass is 296 g/mol. The zero-order chi connectivity index (χ0) is 15.7. The van der Waals surface area contributed by atoms with Crippen LogP contribution in [0.3, 0.4) is 0 Å². The molecule has 4 nitrogen and oxygen atoms in total. The molecule has 0 radical (unpaired) electrons. The van der Waals surface area contributed by atoms with Crippen LogP contribution in [0, 0.1) is 5.41 Å². The normalized spacial score (nSPS) is 20.1. The minimum absolute atomic E-state index is 0.0252. The lowest BCUT2D eigenvalue weighted by molar-refractivity contribution is 0.0777. The molecule has 2 heterocycles. The standard InChI is InChI=1S/C18H20N2O2/c1-18(2)12-20(11-15(18)13-6-4-3-5-7-13)17(22)14-8-9-16(21)19-10-14/h3-10,15H,11-12H2,1-2H3,(H,19,21)/t15-/m1/s1. The van der Waals surface area contributed by atoms with E-state index in [1.165, 1.54) is 17.8 Å². The molecule has 4 heteroatoms. The van der Waals surface area contributed by atoms with Crippen LogP contribution in [0.25, 0.3) is 0 Å². The van der Waals surface area contributed by atoms with Crippen molar-refractivity contribution >= 4 is 5.91 Å². The SMILES string of the molecule is CC1(C)CN(C(=O)c2ccc(=O)[nH]c2)C[C@@H]1c1ccccc1. The highest BCUT2D eigenvalue weighted by Crippen LogP contribution is 2.42. The average molecular weight is 296 g/mol. The van der Waals surface area contributed by atoms with Gasteiger partial charge in [0, 0.05) is 31.3 Å². The van der Waals surface area contributed by atoms with E-state index < -0.39 is 0 Å². The highest BCUT2D eigenvalue weighted by molar-refractivity contribution is 5.94. The first kappa shape index (κ1) is 14.6. The summed E-state index contributed by atoms with van der Waals surface area (Å²) in [5.74, 6) is 0.295. The summed E-state index contributed by atoms with van der Waals surface area (Å²) in [6.07, 6.45) is 1.49. The Hall–Kier alpha value is -2.36. The molecule has 0 unspecified atom stereocenters. The third-order valence-electron chi connectivity index (χ3n) is 4.46. The predicted octanol–water partition coefficient (Wildman–Crippen LogP) is 2.64. The van der Waals surface area contributed by atoms with Crippen LogP contribution in [0.4, 0.5) is 0 Å². The highest BCUT2D eigenvalue weighted by atomic mass is 16.2. The molecular formula is C18H20N2O2. The molecule has 1 amide bonds. The molecule has 1 aliphatic heterocycles. The summed E-state index contributed by atoms with van der Waals surface area (Å²) in [5, 5.41) is 0. The summed E-state index contributed by atoms with van der Waals surface area (Å²) in [6.45, 7) is 5.81. The fraction of sp³-hybridized carbons (Fsp3) is 0.333. The zero-order valence-electron chi connectivity index (χ0n) is 12.9. The van der Waals surface area contributed by atoms with E-state index in [0.717, 1.165) is 0 Å². The van der Waals surface area contributed by atoms with E-state index in [1.54, 1.807) is 6.07 Å². The number of aromatic nitrogens is 1. The molecule has 1 fully saturated rings. The molecule has 1 atom stereocenters. The Balaban J connectivity index is 1.84. The Kier molecular flexibility index (Phi) is 3.61. The second kappa shape index (κ2) is 5.44. The molecule has 0 saturated carbocycles. The van der Waals surface area contributed by atoms with Gasteiger partial charge in [-0.1, -0.05) is 44.2 Å². The molecule has 0 bridgehead atoms. The summed E-state index contributed by atoms with van der Waals surface area (Å²) in [7, 11) is 0. The van der Waals surface area contributed by atoms with Gasteiger partial charge in [0.05, 0.1) is 5.56 Å². The van der Waals surface area contributed by atoms with E-state index in [1.807, 2.05) is 23.1 Å². The van der Waals surface area contributed by atoms with Crippen LogP contribution in [0.2, 0.25) is 0 Å². The van der Waals surface area contributed by atoms with Crippen molar-refractivity contribution in [3.63, 3.8) is 0 Å².